The van der Waals surface area contributed by atoms with E-state index in [0.29, 0.717) is 13.0 Å². The SMILES string of the molecule is CCCCCCC(O)CCOC(c1ccccc1)(c1ccc(OC)cc1)c1ccc(OC)cc1. The molecule has 3 rings (SSSR count). The molecule has 0 saturated heterocycles. The quantitative estimate of drug-likeness (QED) is 0.213. The van der Waals surface area contributed by atoms with Gasteiger partial charge in [0.2, 0.25) is 0 Å². The van der Waals surface area contributed by atoms with Crippen LogP contribution in [0.15, 0.2) is 78.9 Å². The van der Waals surface area contributed by atoms with Gasteiger partial charge in [0.15, 0.2) is 0 Å². The Morgan fingerprint density at radius 1 is 0.676 bits per heavy atom. The standard InChI is InChI=1S/C30H38O4/c1-4-5-6-10-13-27(31)22-23-34-30(24-11-8-7-9-12-24,25-14-18-28(32-2)19-15-25)26-16-20-29(33-3)21-17-26/h7-9,11-12,14-21,27,31H,4-6,10,13,22-23H2,1-3H3. The Hall–Kier alpha value is -2.82. The number of aliphatic hydroxyl groups excluding tert-OH is 1. The van der Waals surface area contributed by atoms with E-state index in [-0.39, 0.29) is 6.10 Å². The second-order valence-corrected chi connectivity index (χ2v) is 8.64. The summed E-state index contributed by atoms with van der Waals surface area (Å²) in [5.41, 5.74) is 2.20. The largest absolute Gasteiger partial charge is 0.497 e. The van der Waals surface area contributed by atoms with Gasteiger partial charge in [-0.1, -0.05) is 87.2 Å². The summed E-state index contributed by atoms with van der Waals surface area (Å²) in [5, 5.41) is 10.6. The Labute approximate surface area is 204 Å². The number of methoxy groups -OCH3 is 2. The summed E-state index contributed by atoms with van der Waals surface area (Å²) in [6.07, 6.45) is 5.67. The van der Waals surface area contributed by atoms with Crippen molar-refractivity contribution in [3.05, 3.63) is 95.6 Å². The van der Waals surface area contributed by atoms with Crippen LogP contribution in [0, 0.1) is 0 Å². The van der Waals surface area contributed by atoms with Gasteiger partial charge in [0.25, 0.3) is 0 Å². The first kappa shape index (κ1) is 25.8. The van der Waals surface area contributed by atoms with E-state index in [1.54, 1.807) is 14.2 Å². The average Bonchev–Trinajstić information content (AvgIpc) is 2.90. The molecule has 182 valence electrons. The minimum atomic E-state index is -0.832. The van der Waals surface area contributed by atoms with Crippen LogP contribution < -0.4 is 9.47 Å². The van der Waals surface area contributed by atoms with Gasteiger partial charge in [-0.25, -0.2) is 0 Å². The lowest BCUT2D eigenvalue weighted by molar-refractivity contribution is -0.00663. The van der Waals surface area contributed by atoms with Crippen LogP contribution in [-0.4, -0.2) is 32.0 Å². The molecular formula is C30H38O4. The molecule has 4 heteroatoms. The zero-order valence-corrected chi connectivity index (χ0v) is 20.7. The number of hydrogen-bond donors (Lipinski definition) is 1. The van der Waals surface area contributed by atoms with Crippen molar-refractivity contribution in [2.75, 3.05) is 20.8 Å². The van der Waals surface area contributed by atoms with Crippen molar-refractivity contribution in [2.45, 2.75) is 57.2 Å². The van der Waals surface area contributed by atoms with Crippen LogP contribution in [0.3, 0.4) is 0 Å². The summed E-state index contributed by atoms with van der Waals surface area (Å²) in [5.74, 6) is 1.59. The van der Waals surface area contributed by atoms with E-state index in [1.165, 1.54) is 19.3 Å². The molecule has 0 saturated carbocycles. The van der Waals surface area contributed by atoms with Crippen LogP contribution in [0.5, 0.6) is 11.5 Å². The highest BCUT2D eigenvalue weighted by atomic mass is 16.5. The van der Waals surface area contributed by atoms with E-state index in [4.69, 9.17) is 14.2 Å². The fraction of sp³-hybridized carbons (Fsp3) is 0.400. The van der Waals surface area contributed by atoms with Gasteiger partial charge in [0.1, 0.15) is 17.1 Å². The summed E-state index contributed by atoms with van der Waals surface area (Å²) < 4.78 is 17.6. The molecule has 0 amide bonds. The topological polar surface area (TPSA) is 47.9 Å². The molecule has 0 aliphatic rings. The summed E-state index contributed by atoms with van der Waals surface area (Å²) in [4.78, 5) is 0. The van der Waals surface area contributed by atoms with Gasteiger partial charge in [-0.3, -0.25) is 0 Å². The lowest BCUT2D eigenvalue weighted by atomic mass is 9.80. The molecule has 0 bridgehead atoms. The van der Waals surface area contributed by atoms with E-state index in [0.717, 1.165) is 41.0 Å². The molecule has 1 unspecified atom stereocenters. The van der Waals surface area contributed by atoms with Gasteiger partial charge in [-0.2, -0.15) is 0 Å². The van der Waals surface area contributed by atoms with Crippen LogP contribution in [-0.2, 0) is 10.3 Å². The summed E-state index contributed by atoms with van der Waals surface area (Å²) in [6, 6.07) is 26.3. The van der Waals surface area contributed by atoms with Gasteiger partial charge in [-0.15, -0.1) is 0 Å². The molecule has 3 aromatic rings. The summed E-state index contributed by atoms with van der Waals surface area (Å²) in [7, 11) is 3.34. The molecule has 4 nitrogen and oxygen atoms in total. The Balaban J connectivity index is 1.95. The van der Waals surface area contributed by atoms with Crippen LogP contribution in [0.25, 0.3) is 0 Å². The molecule has 0 fully saturated rings. The summed E-state index contributed by atoms with van der Waals surface area (Å²) >= 11 is 0. The maximum atomic E-state index is 10.6. The zero-order chi connectivity index (χ0) is 24.2. The van der Waals surface area contributed by atoms with Crippen LogP contribution in [0.4, 0.5) is 0 Å². The average molecular weight is 463 g/mol. The molecule has 0 aliphatic carbocycles. The Morgan fingerprint density at radius 3 is 1.71 bits per heavy atom. The molecule has 0 aromatic heterocycles. The summed E-state index contributed by atoms with van der Waals surface area (Å²) in [6.45, 7) is 2.63. The monoisotopic (exact) mass is 462 g/mol. The van der Waals surface area contributed by atoms with E-state index in [9.17, 15) is 5.11 Å². The lowest BCUT2D eigenvalue weighted by Crippen LogP contribution is -2.34. The fourth-order valence-corrected chi connectivity index (χ4v) is 4.37. The highest BCUT2D eigenvalue weighted by Gasteiger charge is 2.37. The normalized spacial score (nSPS) is 12.4. The Bertz CT molecular complexity index is 904. The van der Waals surface area contributed by atoms with Crippen molar-refractivity contribution in [2.24, 2.45) is 0 Å². The van der Waals surface area contributed by atoms with Crippen molar-refractivity contribution in [3.63, 3.8) is 0 Å². The lowest BCUT2D eigenvalue weighted by Gasteiger charge is -2.36. The van der Waals surface area contributed by atoms with E-state index < -0.39 is 5.60 Å². The number of rotatable bonds is 14. The third-order valence-electron chi connectivity index (χ3n) is 6.33. The van der Waals surface area contributed by atoms with Crippen LogP contribution in [0.1, 0.15) is 62.1 Å². The van der Waals surface area contributed by atoms with Gasteiger partial charge in [0.05, 0.1) is 26.9 Å². The predicted octanol–water partition coefficient (Wildman–Crippen LogP) is 6.73. The van der Waals surface area contributed by atoms with Crippen molar-refractivity contribution in [1.82, 2.24) is 0 Å². The van der Waals surface area contributed by atoms with Crippen LogP contribution >= 0.6 is 0 Å². The highest BCUT2D eigenvalue weighted by Crippen LogP contribution is 2.41. The first-order valence-electron chi connectivity index (χ1n) is 12.3. The molecule has 0 spiro atoms. The second-order valence-electron chi connectivity index (χ2n) is 8.64. The number of aliphatic hydroxyl groups is 1. The molecular weight excluding hydrogens is 424 g/mol. The molecule has 1 atom stereocenters. The molecule has 34 heavy (non-hydrogen) atoms. The van der Waals surface area contributed by atoms with Crippen molar-refractivity contribution < 1.29 is 19.3 Å². The predicted molar refractivity (Wildman–Crippen MR) is 138 cm³/mol. The van der Waals surface area contributed by atoms with Gasteiger partial charge < -0.3 is 19.3 Å². The molecule has 1 N–H and O–H groups in total. The van der Waals surface area contributed by atoms with Crippen molar-refractivity contribution >= 4 is 0 Å². The number of benzene rings is 3. The second kappa shape index (κ2) is 13.2. The van der Waals surface area contributed by atoms with Crippen molar-refractivity contribution in [3.8, 4) is 11.5 Å². The minimum absolute atomic E-state index is 0.364. The molecule has 0 radical (unpaired) electrons. The maximum Gasteiger partial charge on any atom is 0.143 e. The zero-order valence-electron chi connectivity index (χ0n) is 20.7. The first-order chi connectivity index (χ1) is 16.6. The van der Waals surface area contributed by atoms with Gasteiger partial charge in [-0.05, 0) is 53.8 Å². The Morgan fingerprint density at radius 2 is 1.21 bits per heavy atom. The van der Waals surface area contributed by atoms with E-state index in [2.05, 4.69) is 43.3 Å². The highest BCUT2D eigenvalue weighted by molar-refractivity contribution is 5.49. The smallest absolute Gasteiger partial charge is 0.143 e. The minimum Gasteiger partial charge on any atom is -0.497 e. The number of unbranched alkanes of at least 4 members (excludes halogenated alkanes) is 3. The van der Waals surface area contributed by atoms with Gasteiger partial charge >= 0.3 is 0 Å². The maximum absolute atomic E-state index is 10.6. The van der Waals surface area contributed by atoms with E-state index in [1.807, 2.05) is 42.5 Å². The third-order valence-corrected chi connectivity index (χ3v) is 6.33. The molecule has 3 aromatic carbocycles. The Kier molecular flexibility index (Phi) is 9.99. The van der Waals surface area contributed by atoms with Gasteiger partial charge in [0, 0.05) is 0 Å². The number of hydrogen-bond acceptors (Lipinski definition) is 4. The molecule has 0 aliphatic heterocycles. The third kappa shape index (κ3) is 6.40. The number of ether oxygens (including phenoxy) is 3. The first-order valence-corrected chi connectivity index (χ1v) is 12.3. The van der Waals surface area contributed by atoms with Crippen molar-refractivity contribution in [1.29, 1.82) is 0 Å². The van der Waals surface area contributed by atoms with Crippen LogP contribution in [0.2, 0.25) is 0 Å². The van der Waals surface area contributed by atoms with E-state index >= 15 is 0 Å². The molecule has 0 heterocycles. The fourth-order valence-electron chi connectivity index (χ4n) is 4.37.